The number of ether oxygens (including phenoxy) is 3. The number of methoxy groups -OCH3 is 1. The normalized spacial score (nSPS) is 16.1. The van der Waals surface area contributed by atoms with Crippen molar-refractivity contribution < 1.29 is 24.1 Å². The van der Waals surface area contributed by atoms with E-state index in [0.29, 0.717) is 32.8 Å². The monoisotopic (exact) mass is 395 g/mol. The Kier molecular flexibility index (Phi) is 8.82. The smallest absolute Gasteiger partial charge is 0.409 e. The summed E-state index contributed by atoms with van der Waals surface area (Å²) < 4.78 is 16.3. The second-order valence-corrected chi connectivity index (χ2v) is 7.16. The van der Waals surface area contributed by atoms with Crippen LogP contribution in [0, 0.1) is 0 Å². The number of nitrogens with zero attached hydrogens (tertiary/aromatic N) is 3. The van der Waals surface area contributed by atoms with Crippen molar-refractivity contribution in [3.8, 4) is 11.5 Å². The Morgan fingerprint density at radius 1 is 1.25 bits per heavy atom. The summed E-state index contributed by atoms with van der Waals surface area (Å²) in [6.45, 7) is 6.47. The molecule has 0 bridgehead atoms. The SMILES string of the molecule is CCOC(=O)N1CCN(Cc2cc(OC)ccc2OCC(O)CN(C)C)CC1. The molecule has 1 aromatic rings. The summed E-state index contributed by atoms with van der Waals surface area (Å²) in [4.78, 5) is 17.8. The fourth-order valence-corrected chi connectivity index (χ4v) is 3.15. The number of aliphatic hydroxyl groups excluding tert-OH is 1. The number of rotatable bonds is 9. The van der Waals surface area contributed by atoms with Gasteiger partial charge in [0.25, 0.3) is 0 Å². The zero-order valence-electron chi connectivity index (χ0n) is 17.4. The Labute approximate surface area is 167 Å². The van der Waals surface area contributed by atoms with Crippen LogP contribution in [0.3, 0.4) is 0 Å². The number of likely N-dealkylation sites (N-methyl/N-ethyl adjacent to an activating group) is 1. The molecular formula is C20H33N3O5. The van der Waals surface area contributed by atoms with Crippen molar-refractivity contribution in [1.82, 2.24) is 14.7 Å². The van der Waals surface area contributed by atoms with Gasteiger partial charge >= 0.3 is 6.09 Å². The quantitative estimate of drug-likeness (QED) is 0.675. The van der Waals surface area contributed by atoms with E-state index in [2.05, 4.69) is 4.90 Å². The van der Waals surface area contributed by atoms with Gasteiger partial charge in [0.1, 0.15) is 24.2 Å². The first-order valence-electron chi connectivity index (χ1n) is 9.69. The summed E-state index contributed by atoms with van der Waals surface area (Å²) in [7, 11) is 5.47. The molecule has 1 aromatic carbocycles. The molecule has 0 saturated carbocycles. The standard InChI is InChI=1S/C20H33N3O5/c1-5-27-20(25)23-10-8-22(9-11-23)13-16-12-18(26-4)6-7-19(16)28-15-17(24)14-21(2)3/h6-7,12,17,24H,5,8-11,13-15H2,1-4H3. The van der Waals surface area contributed by atoms with Crippen molar-refractivity contribution in [3.63, 3.8) is 0 Å². The van der Waals surface area contributed by atoms with Crippen molar-refractivity contribution >= 4 is 6.09 Å². The molecule has 0 aliphatic carbocycles. The van der Waals surface area contributed by atoms with Crippen molar-refractivity contribution in [2.45, 2.75) is 19.6 Å². The maximum Gasteiger partial charge on any atom is 0.409 e. The van der Waals surface area contributed by atoms with Crippen molar-refractivity contribution in [2.75, 3.05) is 67.1 Å². The Bertz CT molecular complexity index is 618. The highest BCUT2D eigenvalue weighted by Gasteiger charge is 2.23. The summed E-state index contributed by atoms with van der Waals surface area (Å²) in [6, 6.07) is 5.70. The summed E-state index contributed by atoms with van der Waals surface area (Å²) in [6.07, 6.45) is -0.805. The van der Waals surface area contributed by atoms with E-state index >= 15 is 0 Å². The van der Waals surface area contributed by atoms with Crippen LogP contribution in [0.4, 0.5) is 4.79 Å². The molecule has 1 aliphatic rings. The van der Waals surface area contributed by atoms with E-state index in [1.165, 1.54) is 0 Å². The molecule has 158 valence electrons. The molecule has 2 rings (SSSR count). The summed E-state index contributed by atoms with van der Waals surface area (Å²) in [5, 5.41) is 10.1. The molecular weight excluding hydrogens is 362 g/mol. The second-order valence-electron chi connectivity index (χ2n) is 7.16. The zero-order valence-corrected chi connectivity index (χ0v) is 17.4. The summed E-state index contributed by atoms with van der Waals surface area (Å²) in [5.74, 6) is 1.51. The van der Waals surface area contributed by atoms with Crippen molar-refractivity contribution in [3.05, 3.63) is 23.8 Å². The van der Waals surface area contributed by atoms with Gasteiger partial charge in [0.05, 0.1) is 13.7 Å². The third kappa shape index (κ3) is 6.85. The van der Waals surface area contributed by atoms with Gasteiger partial charge in [0, 0.05) is 44.8 Å². The number of carbonyl (C=O) groups excluding carboxylic acids is 1. The Morgan fingerprint density at radius 3 is 2.57 bits per heavy atom. The number of hydrogen-bond acceptors (Lipinski definition) is 7. The van der Waals surface area contributed by atoms with E-state index in [9.17, 15) is 9.90 Å². The Hall–Kier alpha value is -2.03. The van der Waals surface area contributed by atoms with Crippen LogP contribution >= 0.6 is 0 Å². The van der Waals surface area contributed by atoms with Crippen LogP contribution in [0.2, 0.25) is 0 Å². The first-order chi connectivity index (χ1) is 13.4. The minimum Gasteiger partial charge on any atom is -0.497 e. The van der Waals surface area contributed by atoms with Crippen LogP contribution in [0.15, 0.2) is 18.2 Å². The molecule has 1 amide bonds. The van der Waals surface area contributed by atoms with Crippen LogP contribution < -0.4 is 9.47 Å². The van der Waals surface area contributed by atoms with Crippen LogP contribution in [0.1, 0.15) is 12.5 Å². The fraction of sp³-hybridized carbons (Fsp3) is 0.650. The van der Waals surface area contributed by atoms with Crippen molar-refractivity contribution in [2.24, 2.45) is 0 Å². The average molecular weight is 396 g/mol. The number of hydrogen-bond donors (Lipinski definition) is 1. The maximum absolute atomic E-state index is 11.8. The molecule has 8 heteroatoms. The van der Waals surface area contributed by atoms with E-state index < -0.39 is 6.10 Å². The second kappa shape index (κ2) is 11.1. The molecule has 1 saturated heterocycles. The van der Waals surface area contributed by atoms with E-state index in [4.69, 9.17) is 14.2 Å². The molecule has 0 spiro atoms. The minimum atomic E-state index is -0.557. The van der Waals surface area contributed by atoms with Gasteiger partial charge in [-0.15, -0.1) is 0 Å². The van der Waals surface area contributed by atoms with E-state index in [1.807, 2.05) is 44.1 Å². The highest BCUT2D eigenvalue weighted by atomic mass is 16.6. The molecule has 1 N–H and O–H groups in total. The van der Waals surface area contributed by atoms with Crippen LogP contribution in [-0.4, -0.2) is 99.1 Å². The van der Waals surface area contributed by atoms with Gasteiger partial charge < -0.3 is 29.1 Å². The number of piperazine rings is 1. The summed E-state index contributed by atoms with van der Waals surface area (Å²) in [5.41, 5.74) is 1.00. The maximum atomic E-state index is 11.8. The molecule has 1 atom stereocenters. The lowest BCUT2D eigenvalue weighted by molar-refractivity contribution is 0.0753. The highest BCUT2D eigenvalue weighted by molar-refractivity contribution is 5.67. The molecule has 0 radical (unpaired) electrons. The lowest BCUT2D eigenvalue weighted by atomic mass is 10.1. The average Bonchev–Trinajstić information content (AvgIpc) is 2.67. The van der Waals surface area contributed by atoms with Gasteiger partial charge in [0.2, 0.25) is 0 Å². The Balaban J connectivity index is 1.97. The number of benzene rings is 1. The van der Waals surface area contributed by atoms with Crippen LogP contribution in [0.25, 0.3) is 0 Å². The number of carbonyl (C=O) groups is 1. The van der Waals surface area contributed by atoms with Gasteiger partial charge in [-0.3, -0.25) is 4.90 Å². The van der Waals surface area contributed by atoms with Gasteiger partial charge in [0.15, 0.2) is 0 Å². The first kappa shape index (κ1) is 22.3. The summed E-state index contributed by atoms with van der Waals surface area (Å²) >= 11 is 0. The zero-order chi connectivity index (χ0) is 20.5. The highest BCUT2D eigenvalue weighted by Crippen LogP contribution is 2.26. The molecule has 8 nitrogen and oxygen atoms in total. The Morgan fingerprint density at radius 2 is 1.96 bits per heavy atom. The van der Waals surface area contributed by atoms with Gasteiger partial charge in [-0.05, 0) is 39.2 Å². The van der Waals surface area contributed by atoms with Crippen LogP contribution in [-0.2, 0) is 11.3 Å². The number of amides is 1. The van der Waals surface area contributed by atoms with E-state index in [0.717, 1.165) is 30.2 Å². The van der Waals surface area contributed by atoms with Gasteiger partial charge in [-0.25, -0.2) is 4.79 Å². The molecule has 28 heavy (non-hydrogen) atoms. The van der Waals surface area contributed by atoms with Gasteiger partial charge in [-0.2, -0.15) is 0 Å². The molecule has 1 unspecified atom stereocenters. The largest absolute Gasteiger partial charge is 0.497 e. The lowest BCUT2D eigenvalue weighted by Crippen LogP contribution is -2.48. The minimum absolute atomic E-state index is 0.230. The third-order valence-corrected chi connectivity index (χ3v) is 4.57. The predicted octanol–water partition coefficient (Wildman–Crippen LogP) is 1.27. The molecule has 0 aromatic heterocycles. The van der Waals surface area contributed by atoms with Crippen molar-refractivity contribution in [1.29, 1.82) is 0 Å². The van der Waals surface area contributed by atoms with E-state index in [1.54, 1.807) is 12.0 Å². The third-order valence-electron chi connectivity index (χ3n) is 4.57. The molecule has 1 fully saturated rings. The first-order valence-corrected chi connectivity index (χ1v) is 9.69. The molecule has 1 heterocycles. The number of aliphatic hydroxyl groups is 1. The predicted molar refractivity (Wildman–Crippen MR) is 107 cm³/mol. The lowest BCUT2D eigenvalue weighted by Gasteiger charge is -2.34. The van der Waals surface area contributed by atoms with Gasteiger partial charge in [-0.1, -0.05) is 0 Å². The topological polar surface area (TPSA) is 74.7 Å². The van der Waals surface area contributed by atoms with E-state index in [-0.39, 0.29) is 12.7 Å². The molecule has 1 aliphatic heterocycles. The van der Waals surface area contributed by atoms with Crippen LogP contribution in [0.5, 0.6) is 11.5 Å². The fourth-order valence-electron chi connectivity index (χ4n) is 3.15.